The van der Waals surface area contributed by atoms with E-state index in [2.05, 4.69) is 0 Å². The number of rotatable bonds is 3. The second kappa shape index (κ2) is 5.01. The highest BCUT2D eigenvalue weighted by atomic mass is 35.5. The van der Waals surface area contributed by atoms with Gasteiger partial charge in [0.05, 0.1) is 6.10 Å². The quantitative estimate of drug-likeness (QED) is 0.569. The lowest BCUT2D eigenvalue weighted by Gasteiger charge is -2.12. The number of halogens is 1. The van der Waals surface area contributed by atoms with Crippen molar-refractivity contribution < 1.29 is 9.53 Å². The topological polar surface area (TPSA) is 26.3 Å². The first-order chi connectivity index (χ1) is 6.61. The van der Waals surface area contributed by atoms with Gasteiger partial charge in [-0.1, -0.05) is 30.3 Å². The van der Waals surface area contributed by atoms with E-state index in [-0.39, 0.29) is 6.10 Å². The molecule has 0 amide bonds. The molecule has 14 heavy (non-hydrogen) atoms. The van der Waals surface area contributed by atoms with Crippen molar-refractivity contribution >= 4 is 17.6 Å². The molecule has 2 nitrogen and oxygen atoms in total. The standard InChI is InChI=1S/C11H13ClO2/c1-8(2)14-11(13)10(12)9-6-4-3-5-7-9/h3-8,10H,1-2H3. The summed E-state index contributed by atoms with van der Waals surface area (Å²) in [6.07, 6.45) is -0.132. The van der Waals surface area contributed by atoms with E-state index in [9.17, 15) is 4.79 Å². The molecule has 0 spiro atoms. The summed E-state index contributed by atoms with van der Waals surface area (Å²) in [6.45, 7) is 3.60. The molecular formula is C11H13ClO2. The first-order valence-electron chi connectivity index (χ1n) is 4.50. The fourth-order valence-electron chi connectivity index (χ4n) is 1.05. The van der Waals surface area contributed by atoms with Gasteiger partial charge >= 0.3 is 5.97 Å². The van der Waals surface area contributed by atoms with Crippen LogP contribution in [0.4, 0.5) is 0 Å². The summed E-state index contributed by atoms with van der Waals surface area (Å²) < 4.78 is 5.00. The number of carbonyl (C=O) groups excluding carboxylic acids is 1. The third kappa shape index (κ3) is 3.04. The Morgan fingerprint density at radius 1 is 1.29 bits per heavy atom. The van der Waals surface area contributed by atoms with Crippen molar-refractivity contribution in [3.63, 3.8) is 0 Å². The van der Waals surface area contributed by atoms with Crippen LogP contribution in [0.2, 0.25) is 0 Å². The van der Waals surface area contributed by atoms with E-state index in [1.54, 1.807) is 26.0 Å². The summed E-state index contributed by atoms with van der Waals surface area (Å²) in [6, 6.07) is 9.17. The zero-order valence-electron chi connectivity index (χ0n) is 8.24. The van der Waals surface area contributed by atoms with Crippen LogP contribution in [0, 0.1) is 0 Å². The molecule has 0 bridgehead atoms. The number of esters is 1. The smallest absolute Gasteiger partial charge is 0.328 e. The van der Waals surface area contributed by atoms with Crippen LogP contribution in [-0.2, 0) is 9.53 Å². The molecule has 1 unspecified atom stereocenters. The highest BCUT2D eigenvalue weighted by molar-refractivity contribution is 6.29. The molecular weight excluding hydrogens is 200 g/mol. The highest BCUT2D eigenvalue weighted by Gasteiger charge is 2.19. The predicted molar refractivity (Wildman–Crippen MR) is 56.3 cm³/mol. The molecule has 1 rings (SSSR count). The van der Waals surface area contributed by atoms with Crippen LogP contribution in [0.1, 0.15) is 24.8 Å². The molecule has 0 N–H and O–H groups in total. The van der Waals surface area contributed by atoms with Gasteiger partial charge in [0.25, 0.3) is 0 Å². The lowest BCUT2D eigenvalue weighted by Crippen LogP contribution is -2.16. The number of hydrogen-bond donors (Lipinski definition) is 0. The van der Waals surface area contributed by atoms with E-state index < -0.39 is 11.3 Å². The Balaban J connectivity index is 2.66. The van der Waals surface area contributed by atoms with Gasteiger partial charge in [0, 0.05) is 0 Å². The van der Waals surface area contributed by atoms with Crippen molar-refractivity contribution in [3.8, 4) is 0 Å². The van der Waals surface area contributed by atoms with E-state index in [0.29, 0.717) is 0 Å². The Bertz CT molecular complexity index is 295. The van der Waals surface area contributed by atoms with Gasteiger partial charge in [0.2, 0.25) is 0 Å². The lowest BCUT2D eigenvalue weighted by molar-refractivity contribution is -0.147. The summed E-state index contributed by atoms with van der Waals surface area (Å²) in [5.74, 6) is -0.395. The molecule has 0 aliphatic rings. The summed E-state index contributed by atoms with van der Waals surface area (Å²) in [5.41, 5.74) is 0.764. The average molecular weight is 213 g/mol. The van der Waals surface area contributed by atoms with Crippen LogP contribution in [-0.4, -0.2) is 12.1 Å². The monoisotopic (exact) mass is 212 g/mol. The maximum atomic E-state index is 11.4. The van der Waals surface area contributed by atoms with Gasteiger partial charge in [-0.2, -0.15) is 0 Å². The molecule has 76 valence electrons. The summed E-state index contributed by atoms with van der Waals surface area (Å²) in [4.78, 5) is 11.4. The molecule has 0 aromatic heterocycles. The van der Waals surface area contributed by atoms with Gasteiger partial charge < -0.3 is 4.74 Å². The first-order valence-corrected chi connectivity index (χ1v) is 4.94. The van der Waals surface area contributed by atoms with Gasteiger partial charge in [0.1, 0.15) is 0 Å². The molecule has 1 aromatic rings. The van der Waals surface area contributed by atoms with E-state index in [4.69, 9.17) is 16.3 Å². The zero-order chi connectivity index (χ0) is 10.6. The van der Waals surface area contributed by atoms with Gasteiger partial charge in [-0.15, -0.1) is 11.6 Å². The first kappa shape index (κ1) is 11.1. The highest BCUT2D eigenvalue weighted by Crippen LogP contribution is 2.21. The molecule has 1 atom stereocenters. The molecule has 0 aliphatic carbocycles. The number of carbonyl (C=O) groups is 1. The van der Waals surface area contributed by atoms with Crippen LogP contribution in [0.5, 0.6) is 0 Å². The Morgan fingerprint density at radius 3 is 2.36 bits per heavy atom. The average Bonchev–Trinajstić information content (AvgIpc) is 2.17. The van der Waals surface area contributed by atoms with Gasteiger partial charge in [-0.3, -0.25) is 4.79 Å². The number of alkyl halides is 1. The van der Waals surface area contributed by atoms with Gasteiger partial charge in [-0.25, -0.2) is 0 Å². The molecule has 0 saturated carbocycles. The predicted octanol–water partition coefficient (Wildman–Crippen LogP) is 2.92. The minimum Gasteiger partial charge on any atom is -0.462 e. The fourth-order valence-corrected chi connectivity index (χ4v) is 1.25. The van der Waals surface area contributed by atoms with Crippen LogP contribution in [0.15, 0.2) is 30.3 Å². The van der Waals surface area contributed by atoms with Crippen molar-refractivity contribution in [2.24, 2.45) is 0 Å². The van der Waals surface area contributed by atoms with Crippen molar-refractivity contribution in [1.29, 1.82) is 0 Å². The molecule has 3 heteroatoms. The third-order valence-electron chi connectivity index (χ3n) is 1.65. The molecule has 0 aliphatic heterocycles. The lowest BCUT2D eigenvalue weighted by atomic mass is 10.1. The minimum absolute atomic E-state index is 0.132. The van der Waals surface area contributed by atoms with E-state index in [0.717, 1.165) is 5.56 Å². The van der Waals surface area contributed by atoms with Gasteiger partial charge in [-0.05, 0) is 19.4 Å². The normalized spacial score (nSPS) is 12.6. The minimum atomic E-state index is -0.710. The maximum Gasteiger partial charge on any atom is 0.328 e. The molecule has 0 radical (unpaired) electrons. The van der Waals surface area contributed by atoms with Crippen molar-refractivity contribution in [1.82, 2.24) is 0 Å². The van der Waals surface area contributed by atoms with Crippen molar-refractivity contribution in [2.75, 3.05) is 0 Å². The van der Waals surface area contributed by atoms with Crippen LogP contribution in [0.3, 0.4) is 0 Å². The van der Waals surface area contributed by atoms with E-state index in [1.165, 1.54) is 0 Å². The zero-order valence-corrected chi connectivity index (χ0v) is 8.99. The maximum absolute atomic E-state index is 11.4. The Hall–Kier alpha value is -1.02. The number of benzene rings is 1. The van der Waals surface area contributed by atoms with Crippen LogP contribution < -0.4 is 0 Å². The second-order valence-electron chi connectivity index (χ2n) is 3.26. The van der Waals surface area contributed by atoms with Crippen LogP contribution in [0.25, 0.3) is 0 Å². The van der Waals surface area contributed by atoms with E-state index >= 15 is 0 Å². The van der Waals surface area contributed by atoms with Gasteiger partial charge in [0.15, 0.2) is 5.38 Å². The van der Waals surface area contributed by atoms with Crippen molar-refractivity contribution in [3.05, 3.63) is 35.9 Å². The Morgan fingerprint density at radius 2 is 1.86 bits per heavy atom. The van der Waals surface area contributed by atoms with Crippen molar-refractivity contribution in [2.45, 2.75) is 25.3 Å². The fraction of sp³-hybridized carbons (Fsp3) is 0.364. The number of ether oxygens (including phenoxy) is 1. The third-order valence-corrected chi connectivity index (χ3v) is 2.08. The summed E-state index contributed by atoms with van der Waals surface area (Å²) >= 11 is 5.93. The summed E-state index contributed by atoms with van der Waals surface area (Å²) in [7, 11) is 0. The van der Waals surface area contributed by atoms with Crippen LogP contribution >= 0.6 is 11.6 Å². The largest absolute Gasteiger partial charge is 0.462 e. The van der Waals surface area contributed by atoms with E-state index in [1.807, 2.05) is 18.2 Å². The molecule has 0 heterocycles. The molecule has 0 saturated heterocycles. The summed E-state index contributed by atoms with van der Waals surface area (Å²) in [5, 5.41) is -0.710. The SMILES string of the molecule is CC(C)OC(=O)C(Cl)c1ccccc1. The Kier molecular flexibility index (Phi) is 3.96. The number of hydrogen-bond acceptors (Lipinski definition) is 2. The molecule has 1 aromatic carbocycles. The molecule has 0 fully saturated rings. The Labute approximate surface area is 88.8 Å². The second-order valence-corrected chi connectivity index (χ2v) is 3.70.